The van der Waals surface area contributed by atoms with Crippen molar-refractivity contribution in [2.75, 3.05) is 44.2 Å². The van der Waals surface area contributed by atoms with E-state index in [2.05, 4.69) is 54.4 Å². The van der Waals surface area contributed by atoms with Gasteiger partial charge in [0.2, 0.25) is 0 Å². The van der Waals surface area contributed by atoms with Gasteiger partial charge in [0.05, 0.1) is 47.3 Å². The van der Waals surface area contributed by atoms with Crippen molar-refractivity contribution in [3.63, 3.8) is 0 Å². The maximum atomic E-state index is 13.6. The summed E-state index contributed by atoms with van der Waals surface area (Å²) in [5.74, 6) is 0.0203. The number of oxazole rings is 2. The summed E-state index contributed by atoms with van der Waals surface area (Å²) in [6.07, 6.45) is 9.61. The third kappa shape index (κ3) is 11.5. The molecule has 16 nitrogen and oxygen atoms in total. The molecule has 2 aliphatic rings. The molecule has 0 saturated carbocycles. The van der Waals surface area contributed by atoms with Crippen LogP contribution in [0.2, 0.25) is 10.0 Å². The summed E-state index contributed by atoms with van der Waals surface area (Å²) in [5, 5.41) is 21.4. The summed E-state index contributed by atoms with van der Waals surface area (Å²) in [6, 6.07) is 23.1. The number of aromatic nitrogens is 8. The zero-order valence-electron chi connectivity index (χ0n) is 36.9. The number of aryl methyl sites for hydroxylation is 2. The van der Waals surface area contributed by atoms with Crippen LogP contribution < -0.4 is 10.2 Å². The molecule has 2 atom stereocenters. The van der Waals surface area contributed by atoms with Crippen LogP contribution in [0.3, 0.4) is 0 Å². The van der Waals surface area contributed by atoms with Gasteiger partial charge in [-0.25, -0.2) is 4.98 Å². The molecular formula is C46H52Cl2N12O4S2. The Kier molecular flexibility index (Phi) is 16.9. The first-order valence-electron chi connectivity index (χ1n) is 21.1. The molecule has 2 amide bonds. The zero-order valence-corrected chi connectivity index (χ0v) is 40.4. The minimum atomic E-state index is -0.0281. The van der Waals surface area contributed by atoms with E-state index in [0.717, 1.165) is 72.5 Å². The average molecular weight is 972 g/mol. The molecule has 4 aromatic carbocycles. The fraction of sp³-hybridized carbons (Fsp3) is 0.304. The standard InChI is InChI=1S/C23H23ClN6O2.C16H21N5O.C7H4ClNO.2H2S/c1-15-3-5-20(30-25-8-9-26-30)18(13-15)22(31)29-12-11-28(10-7-16(29)2)23-27-19-14-17(24)4-6-21(19)32-23;1-12-3-4-15(21-18-7-8-19-21)14(11-12)16(22)20-10-9-17-6-5-13(20)2;8-5-1-2-7-6(3-5)9-4-10-7;;/h3-6,8-9,13-14,16H,7,10-12H2,1-2H3;3-4,7-8,11,13,17H,5-6,9-10H2,1-2H3;1-4H;2*1H2/t16-;13-;;;/m00.../s1. The fourth-order valence-corrected chi connectivity index (χ4v) is 8.03. The Morgan fingerprint density at radius 1 is 0.636 bits per heavy atom. The predicted molar refractivity (Wildman–Crippen MR) is 266 cm³/mol. The lowest BCUT2D eigenvalue weighted by Crippen LogP contribution is -2.40. The highest BCUT2D eigenvalue weighted by Crippen LogP contribution is 2.28. The Morgan fingerprint density at radius 3 is 1.79 bits per heavy atom. The molecule has 66 heavy (non-hydrogen) atoms. The van der Waals surface area contributed by atoms with Crippen molar-refractivity contribution in [3.05, 3.63) is 136 Å². The van der Waals surface area contributed by atoms with Gasteiger partial charge in [-0.3, -0.25) is 9.59 Å². The van der Waals surface area contributed by atoms with Crippen molar-refractivity contribution < 1.29 is 18.4 Å². The van der Waals surface area contributed by atoms with Crippen molar-refractivity contribution in [3.8, 4) is 11.4 Å². The number of rotatable bonds is 5. The number of hydrogen-bond acceptors (Lipinski definition) is 12. The topological polar surface area (TPSA) is 169 Å². The number of nitrogens with one attached hydrogen (secondary N) is 1. The molecule has 0 aliphatic carbocycles. The molecule has 0 spiro atoms. The molecule has 0 radical (unpaired) electrons. The van der Waals surface area contributed by atoms with E-state index in [4.69, 9.17) is 32.0 Å². The van der Waals surface area contributed by atoms with Gasteiger partial charge in [-0.2, -0.15) is 62.0 Å². The first-order valence-corrected chi connectivity index (χ1v) is 21.8. The first kappa shape index (κ1) is 49.5. The van der Waals surface area contributed by atoms with Gasteiger partial charge in [-0.15, -0.1) is 0 Å². The summed E-state index contributed by atoms with van der Waals surface area (Å²) in [7, 11) is 0. The lowest BCUT2D eigenvalue weighted by molar-refractivity contribution is 0.0696. The Bertz CT molecular complexity index is 2860. The van der Waals surface area contributed by atoms with E-state index in [0.29, 0.717) is 51.5 Å². The van der Waals surface area contributed by atoms with Gasteiger partial charge < -0.3 is 28.9 Å². The molecule has 346 valence electrons. The summed E-state index contributed by atoms with van der Waals surface area (Å²) in [5.41, 5.74) is 7.72. The van der Waals surface area contributed by atoms with Gasteiger partial charge in [0, 0.05) is 54.9 Å². The summed E-state index contributed by atoms with van der Waals surface area (Å²) < 4.78 is 11.0. The van der Waals surface area contributed by atoms with E-state index in [1.807, 2.05) is 66.1 Å². The number of nitrogens with zero attached hydrogens (tertiary/aromatic N) is 11. The molecule has 2 aliphatic heterocycles. The number of carbonyl (C=O) groups excluding carboxylic acids is 2. The highest BCUT2D eigenvalue weighted by Gasteiger charge is 2.30. The van der Waals surface area contributed by atoms with Gasteiger partial charge in [-0.05, 0) is 108 Å². The third-order valence-corrected chi connectivity index (χ3v) is 11.7. The number of halogens is 2. The van der Waals surface area contributed by atoms with E-state index in [-0.39, 0.29) is 50.9 Å². The van der Waals surface area contributed by atoms with E-state index >= 15 is 0 Å². The van der Waals surface area contributed by atoms with Crippen LogP contribution in [0.25, 0.3) is 33.6 Å². The second-order valence-corrected chi connectivity index (χ2v) is 16.6. The van der Waals surface area contributed by atoms with Crippen LogP contribution >= 0.6 is 50.2 Å². The average Bonchev–Trinajstić information content (AvgIpc) is 4.13. The third-order valence-electron chi connectivity index (χ3n) is 11.2. The molecule has 2 saturated heterocycles. The monoisotopic (exact) mass is 970 g/mol. The predicted octanol–water partition coefficient (Wildman–Crippen LogP) is 8.22. The maximum absolute atomic E-state index is 13.6. The molecule has 0 bridgehead atoms. The highest BCUT2D eigenvalue weighted by atomic mass is 35.5. The van der Waals surface area contributed by atoms with E-state index < -0.39 is 0 Å². The Hall–Kier alpha value is -5.92. The number of hydrogen-bond donors (Lipinski definition) is 1. The Labute approximate surface area is 406 Å². The van der Waals surface area contributed by atoms with Gasteiger partial charge in [0.1, 0.15) is 11.0 Å². The molecule has 6 heterocycles. The number of fused-ring (bicyclic) bond motifs is 2. The second-order valence-electron chi connectivity index (χ2n) is 15.8. The SMILES string of the molecule is Cc1ccc(-n2nccn2)c(C(=O)N2CCN(c3nc4cc(Cl)ccc4o3)CC[C@@H]2C)c1.Cc1ccc(-n2nccn2)c(C(=O)N2CCNCC[C@@H]2C)c1.Clc1ccc2ocnc2c1.S.S. The number of anilines is 1. The highest BCUT2D eigenvalue weighted by molar-refractivity contribution is 7.59. The van der Waals surface area contributed by atoms with Crippen molar-refractivity contribution in [1.82, 2.24) is 55.1 Å². The van der Waals surface area contributed by atoms with Crippen LogP contribution in [-0.2, 0) is 0 Å². The van der Waals surface area contributed by atoms with Crippen LogP contribution in [0, 0.1) is 13.8 Å². The van der Waals surface area contributed by atoms with Crippen LogP contribution in [0.4, 0.5) is 6.01 Å². The molecule has 4 aromatic heterocycles. The number of carbonyl (C=O) groups is 2. The van der Waals surface area contributed by atoms with Crippen LogP contribution in [-0.4, -0.2) is 113 Å². The lowest BCUT2D eigenvalue weighted by Gasteiger charge is -2.27. The van der Waals surface area contributed by atoms with Crippen molar-refractivity contribution in [1.29, 1.82) is 0 Å². The van der Waals surface area contributed by atoms with Crippen molar-refractivity contribution in [2.24, 2.45) is 0 Å². The summed E-state index contributed by atoms with van der Waals surface area (Å²) >= 11 is 11.8. The molecule has 1 N–H and O–H groups in total. The summed E-state index contributed by atoms with van der Waals surface area (Å²) in [4.78, 5) is 44.2. The molecule has 20 heteroatoms. The molecule has 0 unspecified atom stereocenters. The first-order chi connectivity index (χ1) is 31.0. The quantitative estimate of drug-likeness (QED) is 0.176. The van der Waals surface area contributed by atoms with Crippen LogP contribution in [0.15, 0.2) is 113 Å². The maximum Gasteiger partial charge on any atom is 0.298 e. The number of benzene rings is 4. The van der Waals surface area contributed by atoms with Crippen molar-refractivity contribution >= 4 is 90.2 Å². The molecule has 8 aromatic rings. The smallest absolute Gasteiger partial charge is 0.298 e. The van der Waals surface area contributed by atoms with Crippen LogP contribution in [0.5, 0.6) is 0 Å². The number of amides is 2. The zero-order chi connectivity index (χ0) is 44.7. The van der Waals surface area contributed by atoms with Gasteiger partial charge in [0.25, 0.3) is 17.8 Å². The van der Waals surface area contributed by atoms with Crippen molar-refractivity contribution in [2.45, 2.75) is 52.6 Å². The molecule has 10 rings (SSSR count). The van der Waals surface area contributed by atoms with Crippen LogP contribution in [0.1, 0.15) is 58.5 Å². The molecule has 2 fully saturated rings. The largest absolute Gasteiger partial charge is 0.443 e. The van der Waals surface area contributed by atoms with Gasteiger partial charge in [0.15, 0.2) is 17.6 Å². The molecular weight excluding hydrogens is 920 g/mol. The van der Waals surface area contributed by atoms with E-state index in [1.165, 1.54) is 16.0 Å². The lowest BCUT2D eigenvalue weighted by atomic mass is 10.1. The minimum Gasteiger partial charge on any atom is -0.443 e. The fourth-order valence-electron chi connectivity index (χ4n) is 7.70. The summed E-state index contributed by atoms with van der Waals surface area (Å²) in [6.45, 7) is 12.6. The Balaban J connectivity index is 0.000000183. The normalized spacial score (nSPS) is 16.2. The van der Waals surface area contributed by atoms with E-state index in [9.17, 15) is 9.59 Å². The second kappa shape index (κ2) is 22.5. The van der Waals surface area contributed by atoms with E-state index in [1.54, 1.807) is 55.1 Å². The minimum absolute atomic E-state index is 0. The Morgan fingerprint density at radius 2 is 1.18 bits per heavy atom. The van der Waals surface area contributed by atoms with Gasteiger partial charge in [-0.1, -0.05) is 46.5 Å². The van der Waals surface area contributed by atoms with Gasteiger partial charge >= 0.3 is 0 Å².